The minimum Gasteiger partial charge on any atom is -0.326 e. The summed E-state index contributed by atoms with van der Waals surface area (Å²) in [6.07, 6.45) is 0. The Morgan fingerprint density at radius 2 is 1.81 bits per heavy atom. The lowest BCUT2D eigenvalue weighted by atomic mass is 10.1. The molecule has 2 N–H and O–H groups in total. The predicted octanol–water partition coefficient (Wildman–Crippen LogP) is 5.23. The van der Waals surface area contributed by atoms with Crippen LogP contribution in [0.1, 0.15) is 22.2 Å². The van der Waals surface area contributed by atoms with Crippen molar-refractivity contribution in [2.45, 2.75) is 13.8 Å². The number of nitrogens with one attached hydrogen (secondary N) is 2. The summed E-state index contributed by atoms with van der Waals surface area (Å²) in [7, 11) is 0. The summed E-state index contributed by atoms with van der Waals surface area (Å²) in [5.41, 5.74) is 1.86. The van der Waals surface area contributed by atoms with E-state index in [0.717, 1.165) is 26.7 Å². The number of hydrogen-bond donors (Lipinski definition) is 2. The van der Waals surface area contributed by atoms with Crippen molar-refractivity contribution in [3.05, 3.63) is 63.2 Å². The molecule has 138 valence electrons. The molecule has 0 unspecified atom stereocenters. The summed E-state index contributed by atoms with van der Waals surface area (Å²) >= 11 is 4.70. The van der Waals surface area contributed by atoms with E-state index in [0.29, 0.717) is 10.8 Å². The fraction of sp³-hybridized carbons (Fsp3) is 0.105. The number of thiazole rings is 1. The number of aryl methyl sites for hydroxylation is 1. The Morgan fingerprint density at radius 3 is 2.48 bits per heavy atom. The van der Waals surface area contributed by atoms with Crippen LogP contribution in [0.5, 0.6) is 0 Å². The van der Waals surface area contributed by atoms with Crippen LogP contribution < -0.4 is 10.6 Å². The Kier molecular flexibility index (Phi) is 5.67. The van der Waals surface area contributed by atoms with Gasteiger partial charge in [0.1, 0.15) is 5.82 Å². The van der Waals surface area contributed by atoms with E-state index in [2.05, 4.69) is 31.5 Å². The fourth-order valence-electron chi connectivity index (χ4n) is 2.47. The molecule has 8 heteroatoms. The molecule has 27 heavy (non-hydrogen) atoms. The summed E-state index contributed by atoms with van der Waals surface area (Å²) in [5, 5.41) is 5.53. The summed E-state index contributed by atoms with van der Waals surface area (Å²) in [6, 6.07) is 11.5. The van der Waals surface area contributed by atoms with Gasteiger partial charge in [-0.05, 0) is 37.3 Å². The van der Waals surface area contributed by atoms with E-state index in [1.165, 1.54) is 30.4 Å². The molecule has 0 radical (unpaired) electrons. The monoisotopic (exact) mass is 447 g/mol. The summed E-state index contributed by atoms with van der Waals surface area (Å²) in [6.45, 7) is 3.24. The molecule has 0 saturated heterocycles. The standard InChI is InChI=1S/C19H15BrFN3O2S/c1-10-17(12-3-5-13(20)6-4-12)23-19(27-10)24-18(26)15-9-14(22-11(2)25)7-8-16(15)21/h3-9H,1-2H3,(H,22,25)(H,23,24,26). The fourth-order valence-corrected chi connectivity index (χ4v) is 3.57. The van der Waals surface area contributed by atoms with Gasteiger partial charge in [-0.2, -0.15) is 0 Å². The van der Waals surface area contributed by atoms with Gasteiger partial charge in [0, 0.05) is 27.5 Å². The zero-order chi connectivity index (χ0) is 19.6. The maximum Gasteiger partial charge on any atom is 0.260 e. The topological polar surface area (TPSA) is 71.1 Å². The van der Waals surface area contributed by atoms with Gasteiger partial charge >= 0.3 is 0 Å². The smallest absolute Gasteiger partial charge is 0.260 e. The van der Waals surface area contributed by atoms with Crippen LogP contribution in [-0.2, 0) is 4.79 Å². The molecule has 0 aliphatic heterocycles. The van der Waals surface area contributed by atoms with Gasteiger partial charge in [0.15, 0.2) is 5.13 Å². The zero-order valence-corrected chi connectivity index (χ0v) is 16.9. The normalized spacial score (nSPS) is 10.5. The summed E-state index contributed by atoms with van der Waals surface area (Å²) in [4.78, 5) is 29.0. The molecule has 0 aliphatic carbocycles. The van der Waals surface area contributed by atoms with Gasteiger partial charge in [-0.3, -0.25) is 14.9 Å². The molecule has 0 spiro atoms. The lowest BCUT2D eigenvalue weighted by Crippen LogP contribution is -2.15. The molecular weight excluding hydrogens is 433 g/mol. The number of aromatic nitrogens is 1. The van der Waals surface area contributed by atoms with Crippen molar-refractivity contribution in [2.75, 3.05) is 10.6 Å². The number of amides is 2. The maximum absolute atomic E-state index is 14.1. The molecule has 0 atom stereocenters. The second-order valence-electron chi connectivity index (χ2n) is 5.76. The van der Waals surface area contributed by atoms with E-state index < -0.39 is 11.7 Å². The van der Waals surface area contributed by atoms with Crippen LogP contribution in [0.2, 0.25) is 0 Å². The molecule has 0 bridgehead atoms. The summed E-state index contributed by atoms with van der Waals surface area (Å²) < 4.78 is 15.0. The van der Waals surface area contributed by atoms with Gasteiger partial charge in [0.25, 0.3) is 5.91 Å². The van der Waals surface area contributed by atoms with Crippen LogP contribution in [0.4, 0.5) is 15.2 Å². The lowest BCUT2D eigenvalue weighted by Gasteiger charge is -2.07. The Hall–Kier alpha value is -2.58. The number of nitrogens with zero attached hydrogens (tertiary/aromatic N) is 1. The maximum atomic E-state index is 14.1. The Balaban J connectivity index is 1.83. The molecule has 2 amide bonds. The third-order valence-corrected chi connectivity index (χ3v) is 5.08. The SMILES string of the molecule is CC(=O)Nc1ccc(F)c(C(=O)Nc2nc(-c3ccc(Br)cc3)c(C)s2)c1. The van der Waals surface area contributed by atoms with Crippen molar-refractivity contribution in [2.24, 2.45) is 0 Å². The van der Waals surface area contributed by atoms with Crippen molar-refractivity contribution in [3.63, 3.8) is 0 Å². The van der Waals surface area contributed by atoms with Crippen LogP contribution >= 0.6 is 27.3 Å². The number of carbonyl (C=O) groups is 2. The quantitative estimate of drug-likeness (QED) is 0.574. The lowest BCUT2D eigenvalue weighted by molar-refractivity contribution is -0.114. The Bertz CT molecular complexity index is 1020. The Labute approximate surface area is 167 Å². The third kappa shape index (κ3) is 4.58. The average molecular weight is 448 g/mol. The van der Waals surface area contributed by atoms with E-state index >= 15 is 0 Å². The first-order valence-corrected chi connectivity index (χ1v) is 9.56. The van der Waals surface area contributed by atoms with Crippen LogP contribution in [0.3, 0.4) is 0 Å². The van der Waals surface area contributed by atoms with Crippen LogP contribution in [0.25, 0.3) is 11.3 Å². The highest BCUT2D eigenvalue weighted by Gasteiger charge is 2.17. The number of anilines is 2. The van der Waals surface area contributed by atoms with E-state index in [9.17, 15) is 14.0 Å². The van der Waals surface area contributed by atoms with Gasteiger partial charge in [-0.1, -0.05) is 28.1 Å². The Morgan fingerprint density at radius 1 is 1.11 bits per heavy atom. The number of rotatable bonds is 4. The van der Waals surface area contributed by atoms with Crippen LogP contribution in [0.15, 0.2) is 46.9 Å². The van der Waals surface area contributed by atoms with Crippen molar-refractivity contribution in [1.29, 1.82) is 0 Å². The van der Waals surface area contributed by atoms with E-state index in [-0.39, 0.29) is 11.5 Å². The van der Waals surface area contributed by atoms with Crippen molar-refractivity contribution < 1.29 is 14.0 Å². The molecule has 1 aromatic heterocycles. The highest BCUT2D eigenvalue weighted by molar-refractivity contribution is 9.10. The van der Waals surface area contributed by atoms with Crippen LogP contribution in [0, 0.1) is 12.7 Å². The van der Waals surface area contributed by atoms with Gasteiger partial charge in [0.2, 0.25) is 5.91 Å². The molecule has 0 saturated carbocycles. The van der Waals surface area contributed by atoms with Crippen LogP contribution in [-0.4, -0.2) is 16.8 Å². The molecule has 1 heterocycles. The highest BCUT2D eigenvalue weighted by atomic mass is 79.9. The minimum absolute atomic E-state index is 0.167. The molecule has 0 aliphatic rings. The zero-order valence-electron chi connectivity index (χ0n) is 14.5. The molecule has 3 rings (SSSR count). The first-order valence-electron chi connectivity index (χ1n) is 7.95. The number of hydrogen-bond acceptors (Lipinski definition) is 4. The first-order chi connectivity index (χ1) is 12.8. The minimum atomic E-state index is -0.678. The molecule has 3 aromatic rings. The molecular formula is C19H15BrFN3O2S. The van der Waals surface area contributed by atoms with Gasteiger partial charge in [-0.25, -0.2) is 9.37 Å². The first kappa shape index (κ1) is 19.2. The number of halogens is 2. The summed E-state index contributed by atoms with van der Waals surface area (Å²) in [5.74, 6) is -1.61. The average Bonchev–Trinajstić information content (AvgIpc) is 2.97. The highest BCUT2D eigenvalue weighted by Crippen LogP contribution is 2.31. The van der Waals surface area contributed by atoms with E-state index in [1.807, 2.05) is 31.2 Å². The number of benzene rings is 2. The second-order valence-corrected chi connectivity index (χ2v) is 7.88. The van der Waals surface area contributed by atoms with Gasteiger partial charge in [0.05, 0.1) is 11.3 Å². The van der Waals surface area contributed by atoms with Gasteiger partial charge < -0.3 is 5.32 Å². The molecule has 5 nitrogen and oxygen atoms in total. The largest absolute Gasteiger partial charge is 0.326 e. The van der Waals surface area contributed by atoms with Crippen molar-refractivity contribution >= 4 is 49.9 Å². The van der Waals surface area contributed by atoms with Gasteiger partial charge in [-0.15, -0.1) is 11.3 Å². The van der Waals surface area contributed by atoms with E-state index in [1.54, 1.807) is 0 Å². The molecule has 0 fully saturated rings. The van der Waals surface area contributed by atoms with E-state index in [4.69, 9.17) is 0 Å². The molecule has 2 aromatic carbocycles. The third-order valence-electron chi connectivity index (χ3n) is 3.67. The van der Waals surface area contributed by atoms with Crippen molar-refractivity contribution in [1.82, 2.24) is 4.98 Å². The number of carbonyl (C=O) groups excluding carboxylic acids is 2. The van der Waals surface area contributed by atoms with Crippen molar-refractivity contribution in [3.8, 4) is 11.3 Å². The second kappa shape index (κ2) is 7.98. The predicted molar refractivity (Wildman–Crippen MR) is 109 cm³/mol.